The van der Waals surface area contributed by atoms with Crippen LogP contribution in [0.25, 0.3) is 0 Å². The molecule has 0 aliphatic carbocycles. The highest BCUT2D eigenvalue weighted by Gasteiger charge is 2.26. The van der Waals surface area contributed by atoms with Crippen LogP contribution in [0.1, 0.15) is 135 Å². The van der Waals surface area contributed by atoms with E-state index in [9.17, 15) is 0 Å². The predicted octanol–water partition coefficient (Wildman–Crippen LogP) is 2.31. The summed E-state index contributed by atoms with van der Waals surface area (Å²) in [7, 11) is 1.00. The lowest BCUT2D eigenvalue weighted by atomic mass is 9.93. The molecule has 0 bridgehead atoms. The van der Waals surface area contributed by atoms with Crippen molar-refractivity contribution in [3.63, 3.8) is 0 Å². The molecular formula is C40H92O15. The predicted molar refractivity (Wildman–Crippen MR) is 219 cm³/mol. The SMILES string of the molecule is CCCCCCCCCCCCCCCCCCO.CO.OCC(CO)(CO)CO.OCCCCCCO.OCCOCCO.OCCOCCOCCO. The van der Waals surface area contributed by atoms with Crippen LogP contribution in [0.2, 0.25) is 0 Å². The van der Waals surface area contributed by atoms with E-state index in [0.717, 1.165) is 39.2 Å². The highest BCUT2D eigenvalue weighted by Crippen LogP contribution is 2.14. The van der Waals surface area contributed by atoms with Crippen LogP contribution in [0.5, 0.6) is 0 Å². The van der Waals surface area contributed by atoms with Crippen molar-refractivity contribution in [2.75, 3.05) is 119 Å². The Hall–Kier alpha value is -0.600. The summed E-state index contributed by atoms with van der Waals surface area (Å²) in [4.78, 5) is 0. The molecule has 0 unspecified atom stereocenters. The Morgan fingerprint density at radius 1 is 0.273 bits per heavy atom. The molecule has 0 spiro atoms. The number of ether oxygens (including phenoxy) is 3. The minimum atomic E-state index is -1.11. The Morgan fingerprint density at radius 2 is 0.473 bits per heavy atom. The first kappa shape index (κ1) is 66.2. The Labute approximate surface area is 335 Å². The number of unbranched alkanes of at least 4 members (excludes halogenated alkanes) is 18. The summed E-state index contributed by atoms with van der Waals surface area (Å²) in [5, 5.41) is 99.0. The van der Waals surface area contributed by atoms with E-state index in [0.29, 0.717) is 46.2 Å². The van der Waals surface area contributed by atoms with E-state index in [-0.39, 0.29) is 39.6 Å². The molecule has 0 fully saturated rings. The second kappa shape index (κ2) is 71.1. The molecule has 0 saturated carbocycles. The van der Waals surface area contributed by atoms with Gasteiger partial charge < -0.3 is 75.5 Å². The van der Waals surface area contributed by atoms with Crippen LogP contribution in [0.4, 0.5) is 0 Å². The fourth-order valence-corrected chi connectivity index (χ4v) is 4.22. The minimum absolute atomic E-state index is 0.0278. The van der Waals surface area contributed by atoms with Crippen molar-refractivity contribution in [3.05, 3.63) is 0 Å². The van der Waals surface area contributed by atoms with Gasteiger partial charge in [0.1, 0.15) is 0 Å². The molecule has 0 aromatic rings. The second-order valence-corrected chi connectivity index (χ2v) is 12.8. The van der Waals surface area contributed by atoms with E-state index >= 15 is 0 Å². The smallest absolute Gasteiger partial charge is 0.0701 e. The van der Waals surface area contributed by atoms with Gasteiger partial charge in [-0.2, -0.15) is 0 Å². The Kier molecular flexibility index (Phi) is 85.6. The molecule has 0 aromatic carbocycles. The maximum Gasteiger partial charge on any atom is 0.0701 e. The summed E-state index contributed by atoms with van der Waals surface area (Å²) in [6.45, 7) is 4.02. The molecule has 15 nitrogen and oxygen atoms in total. The standard InChI is InChI=1S/C18H38O.C6H14O4.C6H14O2.C5H12O4.C4H10O3.CH4O/c1-2-3-4-5-6-7-8-9-10-11-12-13-14-15-16-17-18-19;7-1-3-9-5-6-10-4-2-8;7-5-3-1-2-4-6-8;6-1-5(2-7,3-8)4-9;5-1-3-7-4-2-6;1-2/h19H,2-18H2,1H3;7-8H,1-6H2;7-8H,1-6H2;6-9H,1-4H2;5-6H,1-4H2;2H,1H3. The van der Waals surface area contributed by atoms with Gasteiger partial charge in [0, 0.05) is 26.9 Å². The topological polar surface area (TPSA) is 270 Å². The average molecular weight is 813 g/mol. The van der Waals surface area contributed by atoms with Crippen LogP contribution in [-0.2, 0) is 14.2 Å². The van der Waals surface area contributed by atoms with Crippen LogP contribution >= 0.6 is 0 Å². The van der Waals surface area contributed by atoms with Crippen LogP contribution in [0.15, 0.2) is 0 Å². The third-order valence-electron chi connectivity index (χ3n) is 7.73. The molecule has 15 heteroatoms. The van der Waals surface area contributed by atoms with Crippen molar-refractivity contribution < 1.29 is 75.5 Å². The van der Waals surface area contributed by atoms with Crippen LogP contribution in [0, 0.1) is 5.41 Å². The van der Waals surface area contributed by atoms with Crippen molar-refractivity contribution in [2.45, 2.75) is 135 Å². The minimum Gasteiger partial charge on any atom is -0.400 e. The normalized spacial score (nSPS) is 10.4. The second-order valence-electron chi connectivity index (χ2n) is 12.8. The third kappa shape index (κ3) is 74.9. The average Bonchev–Trinajstić information content (AvgIpc) is 3.22. The van der Waals surface area contributed by atoms with Gasteiger partial charge in [-0.25, -0.2) is 0 Å². The van der Waals surface area contributed by atoms with Crippen molar-refractivity contribution in [1.29, 1.82) is 0 Å². The number of aliphatic hydroxyl groups is 12. The van der Waals surface area contributed by atoms with Crippen LogP contribution in [0.3, 0.4) is 0 Å². The Bertz CT molecular complexity index is 497. The molecule has 0 aromatic heterocycles. The number of rotatable bonds is 36. The zero-order valence-corrected chi connectivity index (χ0v) is 35.3. The van der Waals surface area contributed by atoms with Crippen molar-refractivity contribution in [3.8, 4) is 0 Å². The van der Waals surface area contributed by atoms with E-state index in [1.165, 1.54) is 96.3 Å². The number of hydrogen-bond acceptors (Lipinski definition) is 15. The quantitative estimate of drug-likeness (QED) is 0.0405. The van der Waals surface area contributed by atoms with E-state index in [2.05, 4.69) is 11.7 Å². The van der Waals surface area contributed by atoms with Gasteiger partial charge in [0.2, 0.25) is 0 Å². The Morgan fingerprint density at radius 3 is 0.636 bits per heavy atom. The van der Waals surface area contributed by atoms with Crippen LogP contribution < -0.4 is 0 Å². The Balaban J connectivity index is -0.000000143. The molecule has 0 amide bonds. The van der Waals surface area contributed by atoms with E-state index in [1.807, 2.05) is 0 Å². The van der Waals surface area contributed by atoms with Gasteiger partial charge in [-0.1, -0.05) is 116 Å². The first-order chi connectivity index (χ1) is 26.9. The van der Waals surface area contributed by atoms with Crippen molar-refractivity contribution in [1.82, 2.24) is 0 Å². The van der Waals surface area contributed by atoms with Gasteiger partial charge >= 0.3 is 0 Å². The summed E-state index contributed by atoms with van der Waals surface area (Å²) in [6.07, 6.45) is 26.0. The lowest BCUT2D eigenvalue weighted by molar-refractivity contribution is -0.0328. The third-order valence-corrected chi connectivity index (χ3v) is 7.73. The molecule has 0 aliphatic rings. The summed E-state index contributed by atoms with van der Waals surface area (Å²) in [5.74, 6) is 0. The molecule has 0 atom stereocenters. The molecule has 12 N–H and O–H groups in total. The summed E-state index contributed by atoms with van der Waals surface area (Å²) >= 11 is 0. The van der Waals surface area contributed by atoms with Crippen molar-refractivity contribution >= 4 is 0 Å². The van der Waals surface area contributed by atoms with Gasteiger partial charge in [0.15, 0.2) is 0 Å². The summed E-state index contributed by atoms with van der Waals surface area (Å²) in [6, 6.07) is 0. The maximum absolute atomic E-state index is 8.67. The van der Waals surface area contributed by atoms with E-state index in [4.69, 9.17) is 70.8 Å². The van der Waals surface area contributed by atoms with Gasteiger partial charge in [0.05, 0.1) is 97.9 Å². The number of aliphatic hydroxyl groups excluding tert-OH is 12. The molecule has 342 valence electrons. The van der Waals surface area contributed by atoms with E-state index in [1.54, 1.807) is 0 Å². The first-order valence-corrected chi connectivity index (χ1v) is 20.8. The highest BCUT2D eigenvalue weighted by atomic mass is 16.5. The van der Waals surface area contributed by atoms with Gasteiger partial charge in [-0.15, -0.1) is 0 Å². The summed E-state index contributed by atoms with van der Waals surface area (Å²) < 4.78 is 14.4. The van der Waals surface area contributed by atoms with Gasteiger partial charge in [-0.3, -0.25) is 0 Å². The lowest BCUT2D eigenvalue weighted by Crippen LogP contribution is -2.37. The largest absolute Gasteiger partial charge is 0.400 e. The first-order valence-electron chi connectivity index (χ1n) is 20.8. The zero-order valence-electron chi connectivity index (χ0n) is 35.3. The molecule has 0 rings (SSSR count). The maximum atomic E-state index is 8.67. The fraction of sp³-hybridized carbons (Fsp3) is 1.00. The lowest BCUT2D eigenvalue weighted by Gasteiger charge is -2.23. The molecule has 0 heterocycles. The molecule has 0 saturated heterocycles. The monoisotopic (exact) mass is 813 g/mol. The molecule has 55 heavy (non-hydrogen) atoms. The van der Waals surface area contributed by atoms with Gasteiger partial charge in [-0.05, 0) is 19.3 Å². The number of hydrogen-bond donors (Lipinski definition) is 12. The van der Waals surface area contributed by atoms with E-state index < -0.39 is 31.8 Å². The van der Waals surface area contributed by atoms with Gasteiger partial charge in [0.25, 0.3) is 0 Å². The molecule has 0 aliphatic heterocycles. The highest BCUT2D eigenvalue weighted by molar-refractivity contribution is 4.75. The zero-order chi connectivity index (χ0) is 42.8. The summed E-state index contributed by atoms with van der Waals surface area (Å²) in [5.41, 5.74) is -1.11. The molecular weight excluding hydrogens is 720 g/mol. The van der Waals surface area contributed by atoms with Crippen LogP contribution in [-0.4, -0.2) is 181 Å². The molecule has 0 radical (unpaired) electrons. The fourth-order valence-electron chi connectivity index (χ4n) is 4.22. The van der Waals surface area contributed by atoms with Crippen molar-refractivity contribution in [2.24, 2.45) is 5.41 Å².